The monoisotopic (exact) mass is 717 g/mol. The topological polar surface area (TPSA) is 124 Å². The molecular formula is C41H47N7O5. The maximum absolute atomic E-state index is 13.3. The maximum atomic E-state index is 13.3. The van der Waals surface area contributed by atoms with E-state index in [1.165, 1.54) is 10.8 Å². The molecule has 7 rings (SSSR count). The number of fused-ring (bicyclic) bond motifs is 2. The molecule has 3 aromatic carbocycles. The molecule has 0 radical (unpaired) electrons. The van der Waals surface area contributed by atoms with E-state index in [1.807, 2.05) is 51.1 Å². The quantitative estimate of drug-likeness (QED) is 0.194. The molecule has 12 heteroatoms. The first-order chi connectivity index (χ1) is 25.7. The van der Waals surface area contributed by atoms with Gasteiger partial charge in [0.1, 0.15) is 24.6 Å². The SMILES string of the molecule is CC(C)(C)OC(=O)N1CCC[C@H]1COc1nc2c(c(N3CCN(C(=O)OCc4ccccc4)[C@@H](CC#N)C3)n1)CCN(c1cccc3ccccc13)C2. The van der Waals surface area contributed by atoms with Crippen molar-refractivity contribution in [2.45, 2.75) is 77.3 Å². The summed E-state index contributed by atoms with van der Waals surface area (Å²) in [7, 11) is 0. The van der Waals surface area contributed by atoms with Crippen LogP contribution in [0.3, 0.4) is 0 Å². The molecule has 2 saturated heterocycles. The zero-order valence-electron chi connectivity index (χ0n) is 30.7. The molecule has 0 aliphatic carbocycles. The third kappa shape index (κ3) is 8.25. The molecule has 0 N–H and O–H groups in total. The van der Waals surface area contributed by atoms with Gasteiger partial charge in [-0.3, -0.25) is 0 Å². The Balaban J connectivity index is 1.14. The van der Waals surface area contributed by atoms with E-state index in [4.69, 9.17) is 24.2 Å². The number of ether oxygens (including phenoxy) is 3. The van der Waals surface area contributed by atoms with Crippen molar-refractivity contribution in [1.82, 2.24) is 19.8 Å². The number of aromatic nitrogens is 2. The molecule has 4 heterocycles. The van der Waals surface area contributed by atoms with Crippen LogP contribution in [-0.2, 0) is 29.0 Å². The predicted octanol–water partition coefficient (Wildman–Crippen LogP) is 6.71. The van der Waals surface area contributed by atoms with E-state index in [9.17, 15) is 14.9 Å². The largest absolute Gasteiger partial charge is 0.461 e. The Morgan fingerprint density at radius 3 is 2.45 bits per heavy atom. The van der Waals surface area contributed by atoms with E-state index in [1.54, 1.807) is 9.80 Å². The first kappa shape index (κ1) is 35.8. The number of benzene rings is 3. The minimum atomic E-state index is -0.594. The minimum absolute atomic E-state index is 0.157. The Morgan fingerprint density at radius 2 is 1.64 bits per heavy atom. The first-order valence-corrected chi connectivity index (χ1v) is 18.5. The second-order valence-electron chi connectivity index (χ2n) is 14.9. The highest BCUT2D eigenvalue weighted by molar-refractivity contribution is 5.94. The molecule has 0 saturated carbocycles. The van der Waals surface area contributed by atoms with Gasteiger partial charge in [-0.15, -0.1) is 0 Å². The van der Waals surface area contributed by atoms with Crippen LogP contribution in [0.1, 0.15) is 56.9 Å². The zero-order chi connectivity index (χ0) is 37.0. The highest BCUT2D eigenvalue weighted by Gasteiger charge is 2.36. The lowest BCUT2D eigenvalue weighted by atomic mass is 10.0. The van der Waals surface area contributed by atoms with Crippen molar-refractivity contribution < 1.29 is 23.8 Å². The Kier molecular flexibility index (Phi) is 10.5. The smallest absolute Gasteiger partial charge is 0.410 e. The number of amides is 2. The summed E-state index contributed by atoms with van der Waals surface area (Å²) in [5.41, 5.74) is 3.37. The van der Waals surface area contributed by atoms with Crippen LogP contribution >= 0.6 is 0 Å². The molecule has 12 nitrogen and oxygen atoms in total. The van der Waals surface area contributed by atoms with Crippen LogP contribution in [-0.4, -0.2) is 89.0 Å². The van der Waals surface area contributed by atoms with E-state index in [-0.39, 0.29) is 43.8 Å². The van der Waals surface area contributed by atoms with Crippen molar-refractivity contribution in [3.05, 3.63) is 89.6 Å². The first-order valence-electron chi connectivity index (χ1n) is 18.5. The van der Waals surface area contributed by atoms with E-state index in [0.29, 0.717) is 39.1 Å². The van der Waals surface area contributed by atoms with Gasteiger partial charge >= 0.3 is 18.2 Å². The van der Waals surface area contributed by atoms with Gasteiger partial charge in [-0.2, -0.15) is 15.2 Å². The molecule has 2 atom stereocenters. The number of carbonyl (C=O) groups excluding carboxylic acids is 2. The second kappa shape index (κ2) is 15.6. The summed E-state index contributed by atoms with van der Waals surface area (Å²) in [5.74, 6) is 0.762. The maximum Gasteiger partial charge on any atom is 0.410 e. The predicted molar refractivity (Wildman–Crippen MR) is 202 cm³/mol. The number of nitrogens with zero attached hydrogens (tertiary/aromatic N) is 7. The average Bonchev–Trinajstić information content (AvgIpc) is 3.64. The number of hydrogen-bond donors (Lipinski definition) is 0. The molecular weight excluding hydrogens is 670 g/mol. The lowest BCUT2D eigenvalue weighted by molar-refractivity contribution is 0.0183. The summed E-state index contributed by atoms with van der Waals surface area (Å²) in [6, 6.07) is 26.3. The fourth-order valence-corrected chi connectivity index (χ4v) is 7.52. The Hall–Kier alpha value is -5.57. The summed E-state index contributed by atoms with van der Waals surface area (Å²) in [6.45, 7) is 9.25. The Labute approximate surface area is 310 Å². The zero-order valence-corrected chi connectivity index (χ0v) is 30.7. The molecule has 3 aliphatic heterocycles. The summed E-state index contributed by atoms with van der Waals surface area (Å²) >= 11 is 0. The number of rotatable bonds is 8. The molecule has 53 heavy (non-hydrogen) atoms. The standard InChI is InChI=1S/C41H47N7O5/c1-41(2,3)53-40(50)47-21-10-15-32(47)28-51-38-43-35-26-45(36-17-9-14-30-13-7-8-16-33(30)36)22-19-34(35)37(44-38)46-23-24-48(31(25-46)18-20-42)39(49)52-27-29-11-5-4-6-12-29/h4-9,11-14,16-17,31-32H,10,15,18-19,21-28H2,1-3H3/t31-,32-/m0/s1. The van der Waals surface area contributed by atoms with Gasteiger partial charge < -0.3 is 33.8 Å². The van der Waals surface area contributed by atoms with E-state index < -0.39 is 11.7 Å². The van der Waals surface area contributed by atoms with Crippen LogP contribution in [0.4, 0.5) is 21.1 Å². The molecule has 0 bridgehead atoms. The van der Waals surface area contributed by atoms with Crippen molar-refractivity contribution in [2.75, 3.05) is 49.1 Å². The summed E-state index contributed by atoms with van der Waals surface area (Å²) in [4.78, 5) is 44.2. The lowest BCUT2D eigenvalue weighted by Gasteiger charge is -2.42. The van der Waals surface area contributed by atoms with E-state index in [2.05, 4.69) is 58.3 Å². The molecule has 2 amide bonds. The van der Waals surface area contributed by atoms with Gasteiger partial charge in [0, 0.05) is 49.4 Å². The fourth-order valence-electron chi connectivity index (χ4n) is 7.52. The van der Waals surface area contributed by atoms with Crippen LogP contribution in [0.2, 0.25) is 0 Å². The van der Waals surface area contributed by atoms with Gasteiger partial charge in [0.15, 0.2) is 0 Å². The van der Waals surface area contributed by atoms with Gasteiger partial charge in [-0.25, -0.2) is 9.59 Å². The Bertz CT molecular complexity index is 1970. The molecule has 276 valence electrons. The number of likely N-dealkylation sites (tertiary alicyclic amines) is 1. The van der Waals surface area contributed by atoms with Crippen LogP contribution in [0.15, 0.2) is 72.8 Å². The van der Waals surface area contributed by atoms with Crippen LogP contribution in [0.25, 0.3) is 10.8 Å². The number of anilines is 2. The van der Waals surface area contributed by atoms with Crippen LogP contribution in [0, 0.1) is 11.3 Å². The van der Waals surface area contributed by atoms with Gasteiger partial charge in [0.25, 0.3) is 0 Å². The molecule has 2 fully saturated rings. The second-order valence-corrected chi connectivity index (χ2v) is 14.9. The van der Waals surface area contributed by atoms with Crippen molar-refractivity contribution in [1.29, 1.82) is 5.26 Å². The van der Waals surface area contributed by atoms with E-state index >= 15 is 0 Å². The number of hydrogen-bond acceptors (Lipinski definition) is 10. The Morgan fingerprint density at radius 1 is 0.868 bits per heavy atom. The number of carbonyl (C=O) groups is 2. The molecule has 3 aliphatic rings. The molecule has 0 unspecified atom stereocenters. The van der Waals surface area contributed by atoms with Gasteiger partial charge in [-0.05, 0) is 57.0 Å². The average molecular weight is 718 g/mol. The third-order valence-electron chi connectivity index (χ3n) is 10.1. The number of nitriles is 1. The highest BCUT2D eigenvalue weighted by Crippen LogP contribution is 2.35. The van der Waals surface area contributed by atoms with Crippen molar-refractivity contribution in [2.24, 2.45) is 0 Å². The summed E-state index contributed by atoms with van der Waals surface area (Å²) in [6.07, 6.45) is 1.76. The highest BCUT2D eigenvalue weighted by atomic mass is 16.6. The van der Waals surface area contributed by atoms with Crippen LogP contribution < -0.4 is 14.5 Å². The van der Waals surface area contributed by atoms with Gasteiger partial charge in [-0.1, -0.05) is 66.7 Å². The van der Waals surface area contributed by atoms with Crippen molar-refractivity contribution >= 4 is 34.5 Å². The lowest BCUT2D eigenvalue weighted by Crippen LogP contribution is -2.55. The van der Waals surface area contributed by atoms with Crippen molar-refractivity contribution in [3.63, 3.8) is 0 Å². The van der Waals surface area contributed by atoms with Gasteiger partial charge in [0.2, 0.25) is 0 Å². The molecule has 0 spiro atoms. The summed E-state index contributed by atoms with van der Waals surface area (Å²) < 4.78 is 17.7. The number of piperazine rings is 1. The third-order valence-corrected chi connectivity index (χ3v) is 10.1. The normalized spacial score (nSPS) is 18.8. The van der Waals surface area contributed by atoms with E-state index in [0.717, 1.165) is 47.7 Å². The molecule has 4 aromatic rings. The minimum Gasteiger partial charge on any atom is -0.461 e. The summed E-state index contributed by atoms with van der Waals surface area (Å²) in [5, 5.41) is 12.2. The van der Waals surface area contributed by atoms with Crippen molar-refractivity contribution in [3.8, 4) is 12.1 Å². The molecule has 1 aromatic heterocycles. The fraction of sp³-hybridized carbons (Fsp3) is 0.439. The van der Waals surface area contributed by atoms with Crippen LogP contribution in [0.5, 0.6) is 6.01 Å². The van der Waals surface area contributed by atoms with Gasteiger partial charge in [0.05, 0.1) is 36.8 Å².